The SMILES string of the molecule is BrCC#Cc1cc(-c2ccccn2)no1. The van der Waals surface area contributed by atoms with E-state index in [-0.39, 0.29) is 0 Å². The Hall–Kier alpha value is -1.60. The maximum absolute atomic E-state index is 5.04. The number of hydrogen-bond donors (Lipinski definition) is 0. The highest BCUT2D eigenvalue weighted by Crippen LogP contribution is 2.15. The number of rotatable bonds is 1. The molecule has 0 spiro atoms. The molecule has 0 amide bonds. The van der Waals surface area contributed by atoms with Crippen LogP contribution in [0.4, 0.5) is 0 Å². The maximum Gasteiger partial charge on any atom is 0.210 e. The Morgan fingerprint density at radius 1 is 1.33 bits per heavy atom. The zero-order valence-corrected chi connectivity index (χ0v) is 9.36. The van der Waals surface area contributed by atoms with Gasteiger partial charge in [0.2, 0.25) is 5.76 Å². The highest BCUT2D eigenvalue weighted by atomic mass is 79.9. The molecule has 0 atom stereocenters. The Morgan fingerprint density at radius 2 is 2.27 bits per heavy atom. The van der Waals surface area contributed by atoms with E-state index in [1.54, 1.807) is 12.3 Å². The number of hydrogen-bond acceptors (Lipinski definition) is 3. The molecule has 0 radical (unpaired) electrons. The Balaban J connectivity index is 2.28. The van der Waals surface area contributed by atoms with E-state index in [2.05, 4.69) is 37.9 Å². The zero-order chi connectivity index (χ0) is 10.5. The van der Waals surface area contributed by atoms with Gasteiger partial charge in [-0.3, -0.25) is 4.98 Å². The van der Waals surface area contributed by atoms with Crippen molar-refractivity contribution in [3.8, 4) is 23.2 Å². The predicted molar refractivity (Wildman–Crippen MR) is 60.4 cm³/mol. The molecule has 2 aromatic rings. The Labute approximate surface area is 95.6 Å². The fourth-order valence-electron chi connectivity index (χ4n) is 1.09. The molecule has 0 aliphatic carbocycles. The van der Waals surface area contributed by atoms with Crippen LogP contribution in [0.15, 0.2) is 35.0 Å². The van der Waals surface area contributed by atoms with Crippen LogP contribution < -0.4 is 0 Å². The summed E-state index contributed by atoms with van der Waals surface area (Å²) in [5.74, 6) is 6.22. The van der Waals surface area contributed by atoms with Gasteiger partial charge in [-0.25, -0.2) is 0 Å². The quantitative estimate of drug-likeness (QED) is 0.586. The van der Waals surface area contributed by atoms with Crippen LogP contribution in [0.5, 0.6) is 0 Å². The molecule has 0 N–H and O–H groups in total. The van der Waals surface area contributed by atoms with Gasteiger partial charge in [0.05, 0.1) is 11.0 Å². The van der Waals surface area contributed by atoms with Crippen molar-refractivity contribution >= 4 is 15.9 Å². The minimum absolute atomic E-state index is 0.551. The Kier molecular flexibility index (Phi) is 3.15. The first kappa shape index (κ1) is 9.94. The van der Waals surface area contributed by atoms with Crippen molar-refractivity contribution in [1.82, 2.24) is 10.1 Å². The van der Waals surface area contributed by atoms with Crippen molar-refractivity contribution in [2.24, 2.45) is 0 Å². The second-order valence-corrected chi connectivity index (χ2v) is 3.29. The third-order valence-electron chi connectivity index (χ3n) is 1.72. The first-order valence-electron chi connectivity index (χ1n) is 4.33. The summed E-state index contributed by atoms with van der Waals surface area (Å²) in [6.45, 7) is 0. The second kappa shape index (κ2) is 4.76. The van der Waals surface area contributed by atoms with Crippen molar-refractivity contribution in [1.29, 1.82) is 0 Å². The van der Waals surface area contributed by atoms with E-state index in [1.165, 1.54) is 0 Å². The van der Waals surface area contributed by atoms with Gasteiger partial charge in [-0.05, 0) is 18.1 Å². The molecule has 0 aliphatic heterocycles. The summed E-state index contributed by atoms with van der Waals surface area (Å²) < 4.78 is 5.04. The van der Waals surface area contributed by atoms with Crippen LogP contribution in [0.25, 0.3) is 11.4 Å². The molecule has 0 unspecified atom stereocenters. The fraction of sp³-hybridized carbons (Fsp3) is 0.0909. The highest BCUT2D eigenvalue weighted by molar-refractivity contribution is 9.09. The molecule has 0 bridgehead atoms. The van der Waals surface area contributed by atoms with E-state index in [1.807, 2.05) is 18.2 Å². The average Bonchev–Trinajstić information content (AvgIpc) is 2.76. The van der Waals surface area contributed by atoms with Crippen LogP contribution in [-0.4, -0.2) is 15.5 Å². The summed E-state index contributed by atoms with van der Waals surface area (Å²) in [6, 6.07) is 7.41. The summed E-state index contributed by atoms with van der Waals surface area (Å²) in [7, 11) is 0. The smallest absolute Gasteiger partial charge is 0.210 e. The number of halogens is 1. The summed E-state index contributed by atoms with van der Waals surface area (Å²) in [4.78, 5) is 4.16. The minimum atomic E-state index is 0.551. The maximum atomic E-state index is 5.04. The molecule has 74 valence electrons. The molecular formula is C11H7BrN2O. The van der Waals surface area contributed by atoms with Gasteiger partial charge in [0.15, 0.2) is 0 Å². The molecule has 0 aromatic carbocycles. The molecule has 2 rings (SSSR count). The first-order chi connectivity index (χ1) is 7.40. The van der Waals surface area contributed by atoms with Crippen LogP contribution in [-0.2, 0) is 0 Å². The van der Waals surface area contributed by atoms with Crippen molar-refractivity contribution in [2.45, 2.75) is 0 Å². The molecule has 3 nitrogen and oxygen atoms in total. The van der Waals surface area contributed by atoms with Gasteiger partial charge in [-0.1, -0.05) is 33.1 Å². The molecular weight excluding hydrogens is 256 g/mol. The van der Waals surface area contributed by atoms with Gasteiger partial charge in [-0.15, -0.1) is 0 Å². The van der Waals surface area contributed by atoms with E-state index >= 15 is 0 Å². The molecule has 2 aromatic heterocycles. The van der Waals surface area contributed by atoms with E-state index in [0.29, 0.717) is 16.8 Å². The van der Waals surface area contributed by atoms with Gasteiger partial charge >= 0.3 is 0 Å². The standard InChI is InChI=1S/C11H7BrN2O/c12-6-3-4-9-8-11(14-15-9)10-5-1-2-7-13-10/h1-2,5,7-8H,6H2. The molecule has 0 saturated carbocycles. The van der Waals surface area contributed by atoms with E-state index in [9.17, 15) is 0 Å². The molecule has 4 heteroatoms. The fourth-order valence-corrected chi connectivity index (χ4v) is 1.23. The summed E-state index contributed by atoms with van der Waals surface area (Å²) >= 11 is 3.21. The lowest BCUT2D eigenvalue weighted by molar-refractivity contribution is 0.413. The lowest BCUT2D eigenvalue weighted by Gasteiger charge is -1.89. The third-order valence-corrected chi connectivity index (χ3v) is 2.00. The Bertz CT molecular complexity index is 496. The Morgan fingerprint density at radius 3 is 3.00 bits per heavy atom. The van der Waals surface area contributed by atoms with Gasteiger partial charge < -0.3 is 4.52 Å². The van der Waals surface area contributed by atoms with Crippen molar-refractivity contribution < 1.29 is 4.52 Å². The number of alkyl halides is 1. The average molecular weight is 263 g/mol. The topological polar surface area (TPSA) is 38.9 Å². The van der Waals surface area contributed by atoms with E-state index in [0.717, 1.165) is 5.69 Å². The van der Waals surface area contributed by atoms with Crippen molar-refractivity contribution in [2.75, 3.05) is 5.33 Å². The monoisotopic (exact) mass is 262 g/mol. The summed E-state index contributed by atoms with van der Waals surface area (Å²) in [6.07, 6.45) is 1.72. The zero-order valence-electron chi connectivity index (χ0n) is 7.77. The number of aromatic nitrogens is 2. The van der Waals surface area contributed by atoms with Crippen LogP contribution in [0.2, 0.25) is 0 Å². The van der Waals surface area contributed by atoms with Crippen LogP contribution in [0.3, 0.4) is 0 Å². The number of nitrogens with zero attached hydrogens (tertiary/aromatic N) is 2. The van der Waals surface area contributed by atoms with Crippen LogP contribution >= 0.6 is 15.9 Å². The normalized spacial score (nSPS) is 9.40. The van der Waals surface area contributed by atoms with E-state index in [4.69, 9.17) is 4.52 Å². The van der Waals surface area contributed by atoms with Crippen LogP contribution in [0.1, 0.15) is 5.76 Å². The molecule has 0 saturated heterocycles. The third kappa shape index (κ3) is 2.45. The lowest BCUT2D eigenvalue weighted by atomic mass is 10.2. The van der Waals surface area contributed by atoms with Gasteiger partial charge in [-0.2, -0.15) is 0 Å². The van der Waals surface area contributed by atoms with E-state index < -0.39 is 0 Å². The molecule has 0 fully saturated rings. The predicted octanol–water partition coefficient (Wildman–Crippen LogP) is 2.48. The van der Waals surface area contributed by atoms with Crippen LogP contribution in [0, 0.1) is 11.8 Å². The van der Waals surface area contributed by atoms with Gasteiger partial charge in [0, 0.05) is 12.3 Å². The first-order valence-corrected chi connectivity index (χ1v) is 5.45. The molecule has 15 heavy (non-hydrogen) atoms. The second-order valence-electron chi connectivity index (χ2n) is 2.73. The van der Waals surface area contributed by atoms with Gasteiger partial charge in [0.1, 0.15) is 5.69 Å². The summed E-state index contributed by atoms with van der Waals surface area (Å²) in [5, 5.41) is 4.50. The number of pyridine rings is 1. The lowest BCUT2D eigenvalue weighted by Crippen LogP contribution is -1.79. The minimum Gasteiger partial charge on any atom is -0.347 e. The highest BCUT2D eigenvalue weighted by Gasteiger charge is 2.04. The van der Waals surface area contributed by atoms with Crippen molar-refractivity contribution in [3.63, 3.8) is 0 Å². The van der Waals surface area contributed by atoms with Crippen molar-refractivity contribution in [3.05, 3.63) is 36.2 Å². The summed E-state index contributed by atoms with van der Waals surface area (Å²) in [5.41, 5.74) is 1.49. The molecule has 2 heterocycles. The molecule has 0 aliphatic rings. The largest absolute Gasteiger partial charge is 0.347 e. The van der Waals surface area contributed by atoms with Gasteiger partial charge in [0.25, 0.3) is 0 Å².